The first kappa shape index (κ1) is 15.1. The molecule has 0 aliphatic heterocycles. The highest BCUT2D eigenvalue weighted by Gasteiger charge is 2.35. The molecule has 0 amide bonds. The zero-order valence-electron chi connectivity index (χ0n) is 11.3. The maximum Gasteiger partial charge on any atom is 0.419 e. The second-order valence-corrected chi connectivity index (χ2v) is 5.52. The lowest BCUT2D eigenvalue weighted by atomic mass is 9.74. The number of alkyl halides is 3. The second kappa shape index (κ2) is 5.99. The van der Waals surface area contributed by atoms with Gasteiger partial charge in [-0.05, 0) is 36.9 Å². The van der Waals surface area contributed by atoms with Crippen molar-refractivity contribution in [2.75, 3.05) is 18.4 Å². The molecule has 20 heavy (non-hydrogen) atoms. The topological polar surface area (TPSA) is 50.9 Å². The van der Waals surface area contributed by atoms with Crippen LogP contribution in [0.1, 0.15) is 37.7 Å². The van der Waals surface area contributed by atoms with E-state index in [1.807, 2.05) is 0 Å². The number of nitrogens with zero attached hydrogens (tertiary/aromatic N) is 1. The van der Waals surface area contributed by atoms with Crippen molar-refractivity contribution >= 4 is 5.82 Å². The quantitative estimate of drug-likeness (QED) is 0.892. The lowest BCUT2D eigenvalue weighted by Gasteiger charge is -2.36. The molecule has 0 spiro atoms. The van der Waals surface area contributed by atoms with Gasteiger partial charge in [0.05, 0.1) is 5.56 Å². The van der Waals surface area contributed by atoms with E-state index < -0.39 is 11.7 Å². The summed E-state index contributed by atoms with van der Waals surface area (Å²) in [5, 5.41) is 2.87. The molecule has 1 aliphatic rings. The van der Waals surface area contributed by atoms with Crippen LogP contribution in [-0.4, -0.2) is 18.1 Å². The molecule has 1 aromatic rings. The van der Waals surface area contributed by atoms with Crippen molar-refractivity contribution < 1.29 is 13.2 Å². The SMILES string of the molecule is NCC1(CNc2ncccc2C(F)(F)F)CCCCC1. The van der Waals surface area contributed by atoms with Gasteiger partial charge in [0.1, 0.15) is 5.82 Å². The van der Waals surface area contributed by atoms with E-state index in [4.69, 9.17) is 5.73 Å². The minimum Gasteiger partial charge on any atom is -0.369 e. The average Bonchev–Trinajstić information content (AvgIpc) is 2.45. The Labute approximate surface area is 116 Å². The summed E-state index contributed by atoms with van der Waals surface area (Å²) >= 11 is 0. The Morgan fingerprint density at radius 2 is 1.95 bits per heavy atom. The minimum atomic E-state index is -4.39. The molecule has 6 heteroatoms. The molecule has 1 aromatic heterocycles. The highest BCUT2D eigenvalue weighted by Crippen LogP contribution is 2.37. The highest BCUT2D eigenvalue weighted by molar-refractivity contribution is 5.45. The standard InChI is InChI=1S/C14H20F3N3/c15-14(16,17)11-5-4-8-19-12(11)20-10-13(9-18)6-2-1-3-7-13/h4-5,8H,1-3,6-7,9-10,18H2,(H,19,20). The lowest BCUT2D eigenvalue weighted by Crippen LogP contribution is -2.39. The maximum atomic E-state index is 12.9. The zero-order chi connectivity index (χ0) is 14.6. The summed E-state index contributed by atoms with van der Waals surface area (Å²) in [5.74, 6) is -0.0987. The van der Waals surface area contributed by atoms with Crippen LogP contribution in [0.3, 0.4) is 0 Å². The monoisotopic (exact) mass is 287 g/mol. The van der Waals surface area contributed by atoms with E-state index in [2.05, 4.69) is 10.3 Å². The Morgan fingerprint density at radius 1 is 1.25 bits per heavy atom. The molecule has 0 saturated heterocycles. The van der Waals surface area contributed by atoms with Crippen LogP contribution in [0, 0.1) is 5.41 Å². The summed E-state index contributed by atoms with van der Waals surface area (Å²) in [4.78, 5) is 3.82. The van der Waals surface area contributed by atoms with Gasteiger partial charge in [0, 0.05) is 12.7 Å². The third kappa shape index (κ3) is 3.42. The molecule has 0 unspecified atom stereocenters. The van der Waals surface area contributed by atoms with Crippen molar-refractivity contribution in [1.82, 2.24) is 4.98 Å². The van der Waals surface area contributed by atoms with Crippen LogP contribution in [0.4, 0.5) is 19.0 Å². The lowest BCUT2D eigenvalue weighted by molar-refractivity contribution is -0.137. The molecular weight excluding hydrogens is 267 g/mol. The molecule has 1 fully saturated rings. The van der Waals surface area contributed by atoms with E-state index in [-0.39, 0.29) is 11.2 Å². The van der Waals surface area contributed by atoms with E-state index in [9.17, 15) is 13.2 Å². The highest BCUT2D eigenvalue weighted by atomic mass is 19.4. The van der Waals surface area contributed by atoms with Crippen LogP contribution >= 0.6 is 0 Å². The van der Waals surface area contributed by atoms with Crippen LogP contribution in [-0.2, 0) is 6.18 Å². The summed E-state index contributed by atoms with van der Waals surface area (Å²) < 4.78 is 38.7. The van der Waals surface area contributed by atoms with Crippen LogP contribution in [0.5, 0.6) is 0 Å². The van der Waals surface area contributed by atoms with Gasteiger partial charge in [-0.2, -0.15) is 13.2 Å². The third-order valence-corrected chi connectivity index (χ3v) is 4.09. The molecule has 0 atom stereocenters. The molecular formula is C14H20F3N3. The van der Waals surface area contributed by atoms with Crippen molar-refractivity contribution in [2.24, 2.45) is 11.1 Å². The summed E-state index contributed by atoms with van der Waals surface area (Å²) in [6, 6.07) is 2.35. The molecule has 0 bridgehead atoms. The van der Waals surface area contributed by atoms with E-state index in [0.29, 0.717) is 13.1 Å². The van der Waals surface area contributed by atoms with Gasteiger partial charge < -0.3 is 11.1 Å². The van der Waals surface area contributed by atoms with Crippen LogP contribution in [0.2, 0.25) is 0 Å². The normalized spacial score (nSPS) is 18.8. The number of hydrogen-bond donors (Lipinski definition) is 2. The third-order valence-electron chi connectivity index (χ3n) is 4.09. The first-order valence-corrected chi connectivity index (χ1v) is 6.93. The van der Waals surface area contributed by atoms with Gasteiger partial charge in [-0.1, -0.05) is 19.3 Å². The second-order valence-electron chi connectivity index (χ2n) is 5.52. The molecule has 3 N–H and O–H groups in total. The molecule has 1 saturated carbocycles. The molecule has 3 nitrogen and oxygen atoms in total. The number of pyridine rings is 1. The molecule has 0 aromatic carbocycles. The van der Waals surface area contributed by atoms with Crippen molar-refractivity contribution in [2.45, 2.75) is 38.3 Å². The predicted octanol–water partition coefficient (Wildman–Crippen LogP) is 3.42. The van der Waals surface area contributed by atoms with E-state index in [0.717, 1.165) is 31.7 Å². The number of halogens is 3. The number of aromatic nitrogens is 1. The largest absolute Gasteiger partial charge is 0.419 e. The molecule has 2 rings (SSSR count). The molecule has 1 heterocycles. The van der Waals surface area contributed by atoms with Gasteiger partial charge in [-0.15, -0.1) is 0 Å². The van der Waals surface area contributed by atoms with Crippen molar-refractivity contribution in [3.8, 4) is 0 Å². The Bertz CT molecular complexity index is 440. The van der Waals surface area contributed by atoms with Gasteiger partial charge >= 0.3 is 6.18 Å². The van der Waals surface area contributed by atoms with Crippen LogP contribution in [0.15, 0.2) is 18.3 Å². The van der Waals surface area contributed by atoms with Gasteiger partial charge in [0.25, 0.3) is 0 Å². The smallest absolute Gasteiger partial charge is 0.369 e. The van der Waals surface area contributed by atoms with E-state index in [1.165, 1.54) is 18.7 Å². The fourth-order valence-electron chi connectivity index (χ4n) is 2.80. The minimum absolute atomic E-state index is 0.0986. The Balaban J connectivity index is 2.10. The molecule has 0 radical (unpaired) electrons. The number of nitrogens with two attached hydrogens (primary N) is 1. The van der Waals surface area contributed by atoms with Crippen molar-refractivity contribution in [1.29, 1.82) is 0 Å². The van der Waals surface area contributed by atoms with Gasteiger partial charge in [-0.3, -0.25) is 0 Å². The maximum absolute atomic E-state index is 12.9. The Kier molecular flexibility index (Phi) is 4.52. The summed E-state index contributed by atoms with van der Waals surface area (Å²) in [6.45, 7) is 0.942. The molecule has 112 valence electrons. The fraction of sp³-hybridized carbons (Fsp3) is 0.643. The van der Waals surface area contributed by atoms with E-state index in [1.54, 1.807) is 0 Å². The number of anilines is 1. The predicted molar refractivity (Wildman–Crippen MR) is 72.3 cm³/mol. The van der Waals surface area contributed by atoms with Gasteiger partial charge in [0.15, 0.2) is 0 Å². The van der Waals surface area contributed by atoms with Crippen molar-refractivity contribution in [3.05, 3.63) is 23.9 Å². The van der Waals surface area contributed by atoms with Gasteiger partial charge in [0.2, 0.25) is 0 Å². The number of nitrogens with one attached hydrogen (secondary N) is 1. The zero-order valence-corrected chi connectivity index (χ0v) is 11.3. The molecule has 1 aliphatic carbocycles. The van der Waals surface area contributed by atoms with Crippen molar-refractivity contribution in [3.63, 3.8) is 0 Å². The Hall–Kier alpha value is -1.30. The van der Waals surface area contributed by atoms with Gasteiger partial charge in [-0.25, -0.2) is 4.98 Å². The average molecular weight is 287 g/mol. The summed E-state index contributed by atoms with van der Waals surface area (Å²) in [7, 11) is 0. The fourth-order valence-corrected chi connectivity index (χ4v) is 2.80. The number of rotatable bonds is 4. The summed E-state index contributed by atoms with van der Waals surface area (Å²) in [5.41, 5.74) is 5.03. The van der Waals surface area contributed by atoms with Crippen LogP contribution < -0.4 is 11.1 Å². The Morgan fingerprint density at radius 3 is 2.55 bits per heavy atom. The van der Waals surface area contributed by atoms with Crippen LogP contribution in [0.25, 0.3) is 0 Å². The van der Waals surface area contributed by atoms with E-state index >= 15 is 0 Å². The summed E-state index contributed by atoms with van der Waals surface area (Å²) in [6.07, 6.45) is 2.27. The number of hydrogen-bond acceptors (Lipinski definition) is 3. The first-order chi connectivity index (χ1) is 9.47. The first-order valence-electron chi connectivity index (χ1n) is 6.93.